The van der Waals surface area contributed by atoms with Gasteiger partial charge in [-0.05, 0) is 25.0 Å². The fourth-order valence-corrected chi connectivity index (χ4v) is 2.07. The molecule has 1 nitrogen and oxygen atoms in total. The maximum absolute atomic E-state index is 2.42. The summed E-state index contributed by atoms with van der Waals surface area (Å²) >= 11 is 0. The molecule has 0 saturated carbocycles. The Morgan fingerprint density at radius 3 is 1.63 bits per heavy atom. The van der Waals surface area contributed by atoms with Crippen LogP contribution in [0.25, 0.3) is 0 Å². The molecule has 1 aromatic carbocycles. The van der Waals surface area contributed by atoms with Gasteiger partial charge in [-0.25, -0.2) is 0 Å². The van der Waals surface area contributed by atoms with E-state index in [2.05, 4.69) is 56.1 Å². The van der Waals surface area contributed by atoms with E-state index >= 15 is 0 Å². The average Bonchev–Trinajstić information content (AvgIpc) is 2.51. The predicted octanol–water partition coefficient (Wildman–Crippen LogP) is 6.14. The zero-order chi connectivity index (χ0) is 15.1. The van der Waals surface area contributed by atoms with Crippen molar-refractivity contribution in [1.29, 1.82) is 0 Å². The largest absolute Gasteiger partial charge is 0.372 e. The molecule has 0 bridgehead atoms. The molecule has 0 amide bonds. The lowest BCUT2D eigenvalue weighted by molar-refractivity contribution is 0.528. The molecule has 19 heavy (non-hydrogen) atoms. The maximum Gasteiger partial charge on any atom is 0.0366 e. The first-order valence-corrected chi connectivity index (χ1v) is 8.07. The fraction of sp³-hybridized carbons (Fsp3) is 0.667. The van der Waals surface area contributed by atoms with E-state index in [4.69, 9.17) is 0 Å². The SMILES string of the molecule is CC.CC.CCCC(CCC)N(C)c1ccccc1. The van der Waals surface area contributed by atoms with Crippen molar-refractivity contribution in [1.82, 2.24) is 0 Å². The van der Waals surface area contributed by atoms with Gasteiger partial charge in [0.25, 0.3) is 0 Å². The summed E-state index contributed by atoms with van der Waals surface area (Å²) in [6.07, 6.45) is 5.11. The van der Waals surface area contributed by atoms with E-state index in [0.717, 1.165) is 0 Å². The Kier molecular flexibility index (Phi) is 16.1. The quantitative estimate of drug-likeness (QED) is 0.596. The molecular formula is C18H35N. The van der Waals surface area contributed by atoms with Crippen molar-refractivity contribution in [3.05, 3.63) is 30.3 Å². The second-order valence-corrected chi connectivity index (χ2v) is 4.18. The molecule has 0 aliphatic rings. The van der Waals surface area contributed by atoms with Crippen LogP contribution in [-0.2, 0) is 0 Å². The Balaban J connectivity index is 0. The average molecular weight is 265 g/mol. The van der Waals surface area contributed by atoms with E-state index in [1.807, 2.05) is 27.7 Å². The minimum absolute atomic E-state index is 0.697. The normalized spacial score (nSPS) is 9.05. The van der Waals surface area contributed by atoms with Crippen LogP contribution in [0.15, 0.2) is 30.3 Å². The lowest BCUT2D eigenvalue weighted by Crippen LogP contribution is -2.31. The summed E-state index contributed by atoms with van der Waals surface area (Å²) in [5, 5.41) is 0. The number of benzene rings is 1. The Morgan fingerprint density at radius 1 is 0.842 bits per heavy atom. The van der Waals surface area contributed by atoms with Crippen molar-refractivity contribution in [2.45, 2.75) is 73.3 Å². The lowest BCUT2D eigenvalue weighted by atomic mass is 10.0. The summed E-state index contributed by atoms with van der Waals surface area (Å²) in [6, 6.07) is 11.4. The molecule has 0 atom stereocenters. The number of anilines is 1. The van der Waals surface area contributed by atoms with Gasteiger partial charge in [-0.1, -0.05) is 72.6 Å². The van der Waals surface area contributed by atoms with Crippen LogP contribution in [0.4, 0.5) is 5.69 Å². The van der Waals surface area contributed by atoms with E-state index in [1.54, 1.807) is 0 Å². The van der Waals surface area contributed by atoms with E-state index in [-0.39, 0.29) is 0 Å². The molecular weight excluding hydrogens is 230 g/mol. The minimum Gasteiger partial charge on any atom is -0.372 e. The molecule has 0 aliphatic heterocycles. The predicted molar refractivity (Wildman–Crippen MR) is 91.1 cm³/mol. The highest BCUT2D eigenvalue weighted by Gasteiger charge is 2.12. The minimum atomic E-state index is 0.697. The van der Waals surface area contributed by atoms with E-state index in [1.165, 1.54) is 31.4 Å². The van der Waals surface area contributed by atoms with Crippen LogP contribution in [-0.4, -0.2) is 13.1 Å². The van der Waals surface area contributed by atoms with Crippen molar-refractivity contribution in [2.75, 3.05) is 11.9 Å². The van der Waals surface area contributed by atoms with Crippen LogP contribution in [0, 0.1) is 0 Å². The van der Waals surface area contributed by atoms with Crippen LogP contribution in [0.3, 0.4) is 0 Å². The first-order chi connectivity index (χ1) is 9.29. The molecule has 0 fully saturated rings. The van der Waals surface area contributed by atoms with Crippen LogP contribution >= 0.6 is 0 Å². The molecule has 0 radical (unpaired) electrons. The molecule has 0 unspecified atom stereocenters. The van der Waals surface area contributed by atoms with Gasteiger partial charge in [0.05, 0.1) is 0 Å². The molecule has 0 N–H and O–H groups in total. The summed E-state index contributed by atoms with van der Waals surface area (Å²) in [6.45, 7) is 12.5. The third-order valence-electron chi connectivity index (χ3n) is 2.95. The molecule has 0 aliphatic carbocycles. The summed E-state index contributed by atoms with van der Waals surface area (Å²) in [7, 11) is 2.21. The van der Waals surface area contributed by atoms with Gasteiger partial charge in [0.1, 0.15) is 0 Å². The molecule has 0 aromatic heterocycles. The summed E-state index contributed by atoms with van der Waals surface area (Å²) in [5.41, 5.74) is 1.34. The van der Waals surface area contributed by atoms with Gasteiger partial charge in [0.15, 0.2) is 0 Å². The molecule has 1 rings (SSSR count). The van der Waals surface area contributed by atoms with Crippen molar-refractivity contribution in [3.63, 3.8) is 0 Å². The van der Waals surface area contributed by atoms with Crippen molar-refractivity contribution in [2.24, 2.45) is 0 Å². The molecule has 0 saturated heterocycles. The van der Waals surface area contributed by atoms with Gasteiger partial charge in [-0.3, -0.25) is 0 Å². The topological polar surface area (TPSA) is 3.24 Å². The van der Waals surface area contributed by atoms with E-state index < -0.39 is 0 Å². The monoisotopic (exact) mass is 265 g/mol. The van der Waals surface area contributed by atoms with Crippen LogP contribution in [0.5, 0.6) is 0 Å². The van der Waals surface area contributed by atoms with Gasteiger partial charge in [0.2, 0.25) is 0 Å². The number of hydrogen-bond acceptors (Lipinski definition) is 1. The van der Waals surface area contributed by atoms with Crippen LogP contribution < -0.4 is 4.90 Å². The number of rotatable bonds is 6. The molecule has 112 valence electrons. The van der Waals surface area contributed by atoms with Gasteiger partial charge < -0.3 is 4.90 Å². The Bertz CT molecular complexity index is 250. The Hall–Kier alpha value is -0.980. The fourth-order valence-electron chi connectivity index (χ4n) is 2.07. The standard InChI is InChI=1S/C14H23N.2C2H6/c1-4-9-13(10-5-2)15(3)14-11-7-6-8-12-14;2*1-2/h6-8,11-13H,4-5,9-10H2,1-3H3;2*1-2H3. The second kappa shape index (κ2) is 15.1. The third kappa shape index (κ3) is 8.69. The van der Waals surface area contributed by atoms with Gasteiger partial charge in [0, 0.05) is 18.8 Å². The smallest absolute Gasteiger partial charge is 0.0366 e. The van der Waals surface area contributed by atoms with Crippen LogP contribution in [0.1, 0.15) is 67.2 Å². The molecule has 0 spiro atoms. The van der Waals surface area contributed by atoms with Crippen molar-refractivity contribution < 1.29 is 0 Å². The van der Waals surface area contributed by atoms with E-state index in [9.17, 15) is 0 Å². The third-order valence-corrected chi connectivity index (χ3v) is 2.95. The first-order valence-electron chi connectivity index (χ1n) is 8.07. The van der Waals surface area contributed by atoms with Gasteiger partial charge in [-0.2, -0.15) is 0 Å². The number of nitrogens with zero attached hydrogens (tertiary/aromatic N) is 1. The second-order valence-electron chi connectivity index (χ2n) is 4.18. The number of hydrogen-bond donors (Lipinski definition) is 0. The number of para-hydroxylation sites is 1. The van der Waals surface area contributed by atoms with E-state index in [0.29, 0.717) is 6.04 Å². The highest BCUT2D eigenvalue weighted by Crippen LogP contribution is 2.19. The van der Waals surface area contributed by atoms with Gasteiger partial charge in [-0.15, -0.1) is 0 Å². The highest BCUT2D eigenvalue weighted by molar-refractivity contribution is 5.46. The zero-order valence-electron chi connectivity index (χ0n) is 14.2. The Labute approximate surface area is 122 Å². The Morgan fingerprint density at radius 2 is 1.26 bits per heavy atom. The summed E-state index contributed by atoms with van der Waals surface area (Å²) < 4.78 is 0. The maximum atomic E-state index is 2.42. The van der Waals surface area contributed by atoms with Crippen LogP contribution in [0.2, 0.25) is 0 Å². The van der Waals surface area contributed by atoms with Crippen molar-refractivity contribution >= 4 is 5.69 Å². The first kappa shape index (κ1) is 20.3. The summed E-state index contributed by atoms with van der Waals surface area (Å²) in [4.78, 5) is 2.42. The molecule has 1 aromatic rings. The van der Waals surface area contributed by atoms with Crippen molar-refractivity contribution in [3.8, 4) is 0 Å². The molecule has 0 heterocycles. The van der Waals surface area contributed by atoms with Gasteiger partial charge >= 0.3 is 0 Å². The highest BCUT2D eigenvalue weighted by atomic mass is 15.1. The zero-order valence-corrected chi connectivity index (χ0v) is 14.2. The molecule has 1 heteroatoms. The summed E-state index contributed by atoms with van der Waals surface area (Å²) in [5.74, 6) is 0. The lowest BCUT2D eigenvalue weighted by Gasteiger charge is -2.29.